The van der Waals surface area contributed by atoms with Crippen LogP contribution < -0.4 is 4.74 Å². The van der Waals surface area contributed by atoms with Crippen LogP contribution in [0.15, 0.2) is 36.5 Å². The number of halogens is 1. The first-order chi connectivity index (χ1) is 13.5. The molecule has 0 saturated carbocycles. The largest absolute Gasteiger partial charge is 0.474 e. The van der Waals surface area contributed by atoms with E-state index in [1.807, 2.05) is 4.90 Å². The van der Waals surface area contributed by atoms with E-state index < -0.39 is 0 Å². The van der Waals surface area contributed by atoms with Gasteiger partial charge in [0.15, 0.2) is 0 Å². The van der Waals surface area contributed by atoms with Gasteiger partial charge in [-0.1, -0.05) is 29.8 Å². The molecule has 1 aromatic carbocycles. The normalized spacial score (nSPS) is 13.8. The second kappa shape index (κ2) is 8.87. The maximum absolute atomic E-state index is 11.8. The molecule has 6 heteroatoms. The Bertz CT molecular complexity index is 1010. The minimum atomic E-state index is 0. The van der Waals surface area contributed by atoms with E-state index in [2.05, 4.69) is 60.7 Å². The Morgan fingerprint density at radius 3 is 2.55 bits per heavy atom. The zero-order chi connectivity index (χ0) is 19.7. The molecule has 29 heavy (non-hydrogen) atoms. The van der Waals surface area contributed by atoms with Crippen molar-refractivity contribution < 1.29 is 9.53 Å². The number of pyridine rings is 1. The van der Waals surface area contributed by atoms with Crippen molar-refractivity contribution in [3.05, 3.63) is 58.9 Å². The zero-order valence-corrected chi connectivity index (χ0v) is 18.1. The van der Waals surface area contributed by atoms with Crippen LogP contribution in [0.4, 0.5) is 0 Å². The summed E-state index contributed by atoms with van der Waals surface area (Å²) in [5.41, 5.74) is 6.03. The monoisotopic (exact) mass is 413 g/mol. The van der Waals surface area contributed by atoms with Crippen molar-refractivity contribution in [2.24, 2.45) is 0 Å². The van der Waals surface area contributed by atoms with Crippen LogP contribution in [0, 0.1) is 20.8 Å². The number of rotatable bonds is 6. The molecule has 0 N–H and O–H groups in total. The molecule has 5 nitrogen and oxygen atoms in total. The fourth-order valence-corrected chi connectivity index (χ4v) is 3.94. The fourth-order valence-electron chi connectivity index (χ4n) is 3.94. The van der Waals surface area contributed by atoms with Crippen LogP contribution in [0.25, 0.3) is 10.9 Å². The number of carbonyl (C=O) groups excluding carboxylic acids is 1. The lowest BCUT2D eigenvalue weighted by Gasteiger charge is -2.16. The van der Waals surface area contributed by atoms with Gasteiger partial charge in [0.05, 0.1) is 6.54 Å². The van der Waals surface area contributed by atoms with Crippen LogP contribution >= 0.6 is 12.4 Å². The second-order valence-electron chi connectivity index (χ2n) is 7.63. The molecule has 1 aliphatic rings. The van der Waals surface area contributed by atoms with Crippen LogP contribution in [-0.2, 0) is 11.3 Å². The van der Waals surface area contributed by atoms with Gasteiger partial charge in [0.2, 0.25) is 11.8 Å². The van der Waals surface area contributed by atoms with E-state index in [4.69, 9.17) is 4.74 Å². The highest BCUT2D eigenvalue weighted by atomic mass is 35.5. The molecule has 0 atom stereocenters. The average Bonchev–Trinajstić information content (AvgIpc) is 3.21. The molecule has 3 heterocycles. The number of aromatic nitrogens is 2. The number of carbonyl (C=O) groups is 1. The third-order valence-corrected chi connectivity index (χ3v) is 5.74. The highest BCUT2D eigenvalue weighted by Gasteiger charge is 2.20. The van der Waals surface area contributed by atoms with Crippen molar-refractivity contribution in [3.8, 4) is 5.88 Å². The van der Waals surface area contributed by atoms with Crippen molar-refractivity contribution >= 4 is 29.2 Å². The smallest absolute Gasteiger partial charge is 0.238 e. The van der Waals surface area contributed by atoms with E-state index >= 15 is 0 Å². The number of ether oxygens (including phenoxy) is 1. The lowest BCUT2D eigenvalue weighted by Crippen LogP contribution is -2.29. The summed E-state index contributed by atoms with van der Waals surface area (Å²) in [6, 6.07) is 10.7. The van der Waals surface area contributed by atoms with E-state index in [1.165, 1.54) is 27.8 Å². The Labute approximate surface area is 178 Å². The minimum Gasteiger partial charge on any atom is -0.474 e. The predicted molar refractivity (Wildman–Crippen MR) is 118 cm³/mol. The molecule has 3 aromatic rings. The Kier molecular flexibility index (Phi) is 6.48. The van der Waals surface area contributed by atoms with Gasteiger partial charge in [-0.05, 0) is 44.4 Å². The first-order valence-electron chi connectivity index (χ1n) is 9.95. The van der Waals surface area contributed by atoms with Gasteiger partial charge in [0, 0.05) is 36.8 Å². The molecule has 4 rings (SSSR count). The maximum Gasteiger partial charge on any atom is 0.238 e. The standard InChI is InChI=1S/C23H27N3O2.ClH/c1-16-6-8-19(9-7-16)15-26-18(3)17(2)20-10-11-24-23(22(20)26)28-14-13-25-12-4-5-21(25)27;/h6-11H,4-5,12-15H2,1-3H3;1H. The molecule has 1 saturated heterocycles. The number of nitrogens with zero attached hydrogens (tertiary/aromatic N) is 3. The van der Waals surface area contributed by atoms with Gasteiger partial charge in [-0.2, -0.15) is 0 Å². The molecular formula is C23H28ClN3O2. The molecule has 154 valence electrons. The summed E-state index contributed by atoms with van der Waals surface area (Å²) in [6.45, 7) is 9.10. The van der Waals surface area contributed by atoms with Gasteiger partial charge in [-0.25, -0.2) is 4.98 Å². The van der Waals surface area contributed by atoms with Crippen LogP contribution in [0.1, 0.15) is 35.2 Å². The van der Waals surface area contributed by atoms with Crippen molar-refractivity contribution in [3.63, 3.8) is 0 Å². The zero-order valence-electron chi connectivity index (χ0n) is 17.3. The van der Waals surface area contributed by atoms with Gasteiger partial charge in [-0.3, -0.25) is 4.79 Å². The summed E-state index contributed by atoms with van der Waals surface area (Å²) in [5.74, 6) is 0.872. The summed E-state index contributed by atoms with van der Waals surface area (Å²) < 4.78 is 8.36. The number of hydrogen-bond acceptors (Lipinski definition) is 3. The molecule has 0 unspecified atom stereocenters. The summed E-state index contributed by atoms with van der Waals surface area (Å²) in [5, 5.41) is 1.17. The Morgan fingerprint density at radius 1 is 1.10 bits per heavy atom. The van der Waals surface area contributed by atoms with E-state index in [-0.39, 0.29) is 18.3 Å². The Balaban J connectivity index is 0.00000240. The lowest BCUT2D eigenvalue weighted by atomic mass is 10.1. The van der Waals surface area contributed by atoms with Crippen molar-refractivity contribution in [2.75, 3.05) is 19.7 Å². The first-order valence-corrected chi connectivity index (χ1v) is 9.95. The van der Waals surface area contributed by atoms with E-state index in [0.29, 0.717) is 25.5 Å². The predicted octanol–water partition coefficient (Wildman–Crippen LogP) is 4.43. The number of likely N-dealkylation sites (tertiary alicyclic amines) is 1. The maximum atomic E-state index is 11.8. The van der Waals surface area contributed by atoms with Crippen LogP contribution in [0.3, 0.4) is 0 Å². The van der Waals surface area contributed by atoms with Crippen LogP contribution in [-0.4, -0.2) is 40.1 Å². The van der Waals surface area contributed by atoms with Crippen molar-refractivity contribution in [2.45, 2.75) is 40.2 Å². The third-order valence-electron chi connectivity index (χ3n) is 5.74. The molecule has 0 radical (unpaired) electrons. The number of fused-ring (bicyclic) bond motifs is 1. The highest BCUT2D eigenvalue weighted by Crippen LogP contribution is 2.31. The molecule has 1 amide bonds. The quantitative estimate of drug-likeness (QED) is 0.600. The number of aryl methyl sites for hydroxylation is 2. The van der Waals surface area contributed by atoms with Crippen molar-refractivity contribution in [1.82, 2.24) is 14.5 Å². The van der Waals surface area contributed by atoms with Gasteiger partial charge in [-0.15, -0.1) is 12.4 Å². The Hall–Kier alpha value is -2.53. The van der Waals surface area contributed by atoms with Gasteiger partial charge in [0.1, 0.15) is 12.1 Å². The molecule has 1 fully saturated rings. The number of amides is 1. The SMILES string of the molecule is Cc1ccc(Cn2c(C)c(C)c3ccnc(OCCN4CCCC4=O)c32)cc1.Cl. The molecule has 0 aliphatic carbocycles. The summed E-state index contributed by atoms with van der Waals surface area (Å²) in [7, 11) is 0. The molecule has 2 aromatic heterocycles. The summed E-state index contributed by atoms with van der Waals surface area (Å²) in [4.78, 5) is 18.2. The van der Waals surface area contributed by atoms with Gasteiger partial charge >= 0.3 is 0 Å². The van der Waals surface area contributed by atoms with Crippen LogP contribution in [0.5, 0.6) is 5.88 Å². The summed E-state index contributed by atoms with van der Waals surface area (Å²) in [6.07, 6.45) is 3.41. The van der Waals surface area contributed by atoms with E-state index in [0.717, 1.165) is 25.0 Å². The topological polar surface area (TPSA) is 47.4 Å². The fraction of sp³-hybridized carbons (Fsp3) is 0.391. The molecule has 1 aliphatic heterocycles. The third kappa shape index (κ3) is 4.25. The Morgan fingerprint density at radius 2 is 1.86 bits per heavy atom. The summed E-state index contributed by atoms with van der Waals surface area (Å²) >= 11 is 0. The van der Waals surface area contributed by atoms with E-state index in [1.54, 1.807) is 6.20 Å². The lowest BCUT2D eigenvalue weighted by molar-refractivity contribution is -0.128. The van der Waals surface area contributed by atoms with Gasteiger partial charge < -0.3 is 14.2 Å². The molecule has 0 bridgehead atoms. The molecule has 0 spiro atoms. The number of benzene rings is 1. The van der Waals surface area contributed by atoms with Crippen molar-refractivity contribution in [1.29, 1.82) is 0 Å². The van der Waals surface area contributed by atoms with Crippen LogP contribution in [0.2, 0.25) is 0 Å². The first kappa shape index (κ1) is 21.2. The van der Waals surface area contributed by atoms with Gasteiger partial charge in [0.25, 0.3) is 0 Å². The minimum absolute atomic E-state index is 0. The number of hydrogen-bond donors (Lipinski definition) is 0. The second-order valence-corrected chi connectivity index (χ2v) is 7.63. The average molecular weight is 414 g/mol. The van der Waals surface area contributed by atoms with E-state index in [9.17, 15) is 4.79 Å². The molecular weight excluding hydrogens is 386 g/mol. The highest BCUT2D eigenvalue weighted by molar-refractivity contribution is 5.89.